The zero-order valence-electron chi connectivity index (χ0n) is 13.5. The molecule has 1 unspecified atom stereocenters. The van der Waals surface area contributed by atoms with Crippen LogP contribution in [0.1, 0.15) is 43.2 Å². The van der Waals surface area contributed by atoms with Gasteiger partial charge in [0.25, 0.3) is 0 Å². The van der Waals surface area contributed by atoms with Crippen LogP contribution < -0.4 is 5.76 Å². The smallest absolute Gasteiger partial charge is 0.392 e. The van der Waals surface area contributed by atoms with Gasteiger partial charge in [-0.05, 0) is 50.6 Å². The number of piperidine rings is 1. The molecule has 24 heavy (non-hydrogen) atoms. The van der Waals surface area contributed by atoms with Crippen LogP contribution in [0.4, 0.5) is 0 Å². The molecule has 2 aromatic heterocycles. The van der Waals surface area contributed by atoms with Crippen LogP contribution in [0, 0.1) is 0 Å². The molecular formula is C17H19N5O2. The van der Waals surface area contributed by atoms with E-state index in [1.54, 1.807) is 12.4 Å². The van der Waals surface area contributed by atoms with Crippen LogP contribution in [0.2, 0.25) is 0 Å². The fourth-order valence-corrected chi connectivity index (χ4v) is 3.40. The highest BCUT2D eigenvalue weighted by Gasteiger charge is 2.27. The molecule has 1 fully saturated rings. The number of hydrogen-bond acceptors (Lipinski definition) is 6. The second-order valence-corrected chi connectivity index (χ2v) is 6.24. The number of nitrogens with zero attached hydrogens (tertiary/aromatic N) is 4. The lowest BCUT2D eigenvalue weighted by molar-refractivity contribution is 0.154. The van der Waals surface area contributed by atoms with E-state index in [-0.39, 0.29) is 5.92 Å². The van der Waals surface area contributed by atoms with E-state index in [0.29, 0.717) is 11.9 Å². The Morgan fingerprint density at radius 3 is 2.67 bits per heavy atom. The molecule has 4 rings (SSSR count). The Labute approximate surface area is 138 Å². The maximum Gasteiger partial charge on any atom is 0.434 e. The van der Waals surface area contributed by atoms with Crippen molar-refractivity contribution in [3.63, 3.8) is 0 Å². The minimum absolute atomic E-state index is 0.217. The summed E-state index contributed by atoms with van der Waals surface area (Å²) in [5, 5.41) is 6.31. The third-order valence-electron chi connectivity index (χ3n) is 4.86. The summed E-state index contributed by atoms with van der Waals surface area (Å²) in [4.78, 5) is 22.2. The third kappa shape index (κ3) is 2.82. The number of nitrogens with one attached hydrogen (secondary N) is 1. The van der Waals surface area contributed by atoms with Gasteiger partial charge in [0, 0.05) is 24.4 Å². The van der Waals surface area contributed by atoms with Gasteiger partial charge in [-0.2, -0.15) is 0 Å². The summed E-state index contributed by atoms with van der Waals surface area (Å²) in [6.45, 7) is 4.11. The Kier molecular flexibility index (Phi) is 3.86. The van der Waals surface area contributed by atoms with Crippen LogP contribution in [0.25, 0.3) is 11.0 Å². The minimum Gasteiger partial charge on any atom is -0.392 e. The third-order valence-corrected chi connectivity index (χ3v) is 4.86. The molecule has 0 saturated carbocycles. The van der Waals surface area contributed by atoms with E-state index in [4.69, 9.17) is 4.42 Å². The predicted octanol–water partition coefficient (Wildman–Crippen LogP) is 2.25. The van der Waals surface area contributed by atoms with Crippen molar-refractivity contribution in [2.75, 3.05) is 13.1 Å². The maximum absolute atomic E-state index is 11.1. The quantitative estimate of drug-likeness (QED) is 0.794. The zero-order chi connectivity index (χ0) is 16.5. The molecular weight excluding hydrogens is 306 g/mol. The van der Waals surface area contributed by atoms with Gasteiger partial charge in [0.05, 0.1) is 11.0 Å². The summed E-state index contributed by atoms with van der Waals surface area (Å²) in [6, 6.07) is 6.58. The predicted molar refractivity (Wildman–Crippen MR) is 88.6 cm³/mol. The van der Waals surface area contributed by atoms with Crippen molar-refractivity contribution in [1.82, 2.24) is 25.1 Å². The SMILES string of the molecule is CC(c1ccc2nccnc2c1)N1CCC(c2n[nH]c(=O)o2)CC1. The molecule has 0 bridgehead atoms. The Balaban J connectivity index is 1.47. The summed E-state index contributed by atoms with van der Waals surface area (Å²) < 4.78 is 5.10. The molecule has 7 heteroatoms. The van der Waals surface area contributed by atoms with Gasteiger partial charge in [0.15, 0.2) is 0 Å². The summed E-state index contributed by atoms with van der Waals surface area (Å²) >= 11 is 0. The van der Waals surface area contributed by atoms with Crippen molar-refractivity contribution in [3.8, 4) is 0 Å². The first-order valence-corrected chi connectivity index (χ1v) is 8.21. The highest BCUT2D eigenvalue weighted by Crippen LogP contribution is 2.31. The van der Waals surface area contributed by atoms with Gasteiger partial charge in [-0.25, -0.2) is 9.89 Å². The van der Waals surface area contributed by atoms with E-state index in [9.17, 15) is 4.79 Å². The normalized spacial score (nSPS) is 18.0. The van der Waals surface area contributed by atoms with Gasteiger partial charge < -0.3 is 4.42 Å². The van der Waals surface area contributed by atoms with Crippen LogP contribution in [-0.2, 0) is 0 Å². The van der Waals surface area contributed by atoms with Crippen molar-refractivity contribution >= 4 is 11.0 Å². The summed E-state index contributed by atoms with van der Waals surface area (Å²) in [5.74, 6) is 0.279. The van der Waals surface area contributed by atoms with E-state index in [1.165, 1.54) is 5.56 Å². The number of hydrogen-bond donors (Lipinski definition) is 1. The van der Waals surface area contributed by atoms with Crippen molar-refractivity contribution in [3.05, 3.63) is 52.6 Å². The maximum atomic E-state index is 11.1. The molecule has 0 aliphatic carbocycles. The van der Waals surface area contributed by atoms with Crippen molar-refractivity contribution in [1.29, 1.82) is 0 Å². The number of aromatic nitrogens is 4. The molecule has 1 aromatic carbocycles. The second-order valence-electron chi connectivity index (χ2n) is 6.24. The number of likely N-dealkylation sites (tertiary alicyclic amines) is 1. The lowest BCUT2D eigenvalue weighted by atomic mass is 9.94. The molecule has 3 heterocycles. The van der Waals surface area contributed by atoms with Crippen LogP contribution in [-0.4, -0.2) is 38.2 Å². The summed E-state index contributed by atoms with van der Waals surface area (Å²) in [5.41, 5.74) is 3.09. The molecule has 0 radical (unpaired) electrons. The molecule has 1 aliphatic rings. The molecule has 1 saturated heterocycles. The molecule has 124 valence electrons. The first-order valence-electron chi connectivity index (χ1n) is 8.21. The zero-order valence-corrected chi connectivity index (χ0v) is 13.5. The van der Waals surface area contributed by atoms with E-state index in [0.717, 1.165) is 37.0 Å². The average molecular weight is 325 g/mol. The number of fused-ring (bicyclic) bond motifs is 1. The summed E-state index contributed by atoms with van der Waals surface area (Å²) in [7, 11) is 0. The van der Waals surface area contributed by atoms with Gasteiger partial charge in [-0.3, -0.25) is 14.9 Å². The van der Waals surface area contributed by atoms with E-state index < -0.39 is 5.76 Å². The standard InChI is InChI=1S/C17H19N5O2/c1-11(13-2-3-14-15(10-13)19-7-6-18-14)22-8-4-12(5-9-22)16-20-21-17(23)24-16/h2-3,6-7,10-12H,4-5,8-9H2,1H3,(H,21,23). The van der Waals surface area contributed by atoms with Crippen molar-refractivity contribution in [2.24, 2.45) is 0 Å². The Morgan fingerprint density at radius 1 is 1.21 bits per heavy atom. The van der Waals surface area contributed by atoms with Gasteiger partial charge in [-0.1, -0.05) is 6.07 Å². The molecule has 3 aromatic rings. The van der Waals surface area contributed by atoms with Crippen LogP contribution in [0.15, 0.2) is 39.8 Å². The summed E-state index contributed by atoms with van der Waals surface area (Å²) in [6.07, 6.45) is 5.31. The average Bonchev–Trinajstić information content (AvgIpc) is 3.07. The Bertz CT molecular complexity index is 895. The molecule has 0 amide bonds. The fourth-order valence-electron chi connectivity index (χ4n) is 3.40. The first-order chi connectivity index (χ1) is 11.7. The monoisotopic (exact) mass is 325 g/mol. The van der Waals surface area contributed by atoms with Gasteiger partial charge >= 0.3 is 5.76 Å². The van der Waals surface area contributed by atoms with Crippen LogP contribution in [0.5, 0.6) is 0 Å². The highest BCUT2D eigenvalue weighted by molar-refractivity contribution is 5.74. The lowest BCUT2D eigenvalue weighted by Crippen LogP contribution is -2.35. The highest BCUT2D eigenvalue weighted by atomic mass is 16.4. The van der Waals surface area contributed by atoms with Gasteiger partial charge in [0.2, 0.25) is 5.89 Å². The Hall–Kier alpha value is -2.54. The number of benzene rings is 1. The largest absolute Gasteiger partial charge is 0.434 e. The minimum atomic E-state index is -0.474. The number of aromatic amines is 1. The van der Waals surface area contributed by atoms with Gasteiger partial charge in [0.1, 0.15) is 0 Å². The Morgan fingerprint density at radius 2 is 1.96 bits per heavy atom. The number of rotatable bonds is 3. The second kappa shape index (κ2) is 6.16. The van der Waals surface area contributed by atoms with E-state index in [1.807, 2.05) is 6.07 Å². The topological polar surface area (TPSA) is 87.9 Å². The van der Waals surface area contributed by atoms with Crippen LogP contribution >= 0.6 is 0 Å². The molecule has 1 aliphatic heterocycles. The number of H-pyrrole nitrogens is 1. The molecule has 0 spiro atoms. The molecule has 1 atom stereocenters. The fraction of sp³-hybridized carbons (Fsp3) is 0.412. The van der Waals surface area contributed by atoms with E-state index >= 15 is 0 Å². The lowest BCUT2D eigenvalue weighted by Gasteiger charge is -2.35. The van der Waals surface area contributed by atoms with Crippen molar-refractivity contribution in [2.45, 2.75) is 31.7 Å². The molecule has 7 nitrogen and oxygen atoms in total. The first kappa shape index (κ1) is 15.0. The van der Waals surface area contributed by atoms with Crippen LogP contribution in [0.3, 0.4) is 0 Å². The van der Waals surface area contributed by atoms with E-state index in [2.05, 4.69) is 44.1 Å². The van der Waals surface area contributed by atoms with Crippen molar-refractivity contribution < 1.29 is 4.42 Å². The van der Waals surface area contributed by atoms with Gasteiger partial charge in [-0.15, -0.1) is 5.10 Å². The molecule has 1 N–H and O–H groups in total.